The SMILES string of the molecule is COc1cccc(OCCNC(=O)Cc2cc(Cl)ccc2OC)c1. The second-order valence-corrected chi connectivity index (χ2v) is 5.45. The average molecular weight is 350 g/mol. The maximum Gasteiger partial charge on any atom is 0.224 e. The number of rotatable bonds is 8. The molecule has 0 saturated heterocycles. The first-order valence-corrected chi connectivity index (χ1v) is 7.86. The summed E-state index contributed by atoms with van der Waals surface area (Å²) in [6.45, 7) is 0.768. The normalized spacial score (nSPS) is 10.1. The van der Waals surface area contributed by atoms with Crippen LogP contribution in [0.4, 0.5) is 0 Å². The minimum atomic E-state index is -0.121. The molecule has 0 fully saturated rings. The number of ether oxygens (including phenoxy) is 3. The second-order valence-electron chi connectivity index (χ2n) is 5.01. The zero-order valence-electron chi connectivity index (χ0n) is 13.7. The van der Waals surface area contributed by atoms with Gasteiger partial charge in [-0.05, 0) is 30.3 Å². The molecule has 0 aromatic heterocycles. The summed E-state index contributed by atoms with van der Waals surface area (Å²) in [6.07, 6.45) is 0.197. The van der Waals surface area contributed by atoms with Crippen LogP contribution in [0, 0.1) is 0 Å². The van der Waals surface area contributed by atoms with Crippen LogP contribution in [0.15, 0.2) is 42.5 Å². The molecule has 0 spiro atoms. The Morgan fingerprint density at radius 2 is 1.88 bits per heavy atom. The van der Waals surface area contributed by atoms with Crippen molar-refractivity contribution >= 4 is 17.5 Å². The molecule has 0 aliphatic heterocycles. The molecule has 0 saturated carbocycles. The Bertz CT molecular complexity index is 690. The summed E-state index contributed by atoms with van der Waals surface area (Å²) in [6, 6.07) is 12.5. The first-order chi connectivity index (χ1) is 11.6. The van der Waals surface area contributed by atoms with E-state index in [-0.39, 0.29) is 12.3 Å². The largest absolute Gasteiger partial charge is 0.497 e. The van der Waals surface area contributed by atoms with Crippen LogP contribution < -0.4 is 19.5 Å². The maximum atomic E-state index is 12.0. The van der Waals surface area contributed by atoms with E-state index in [0.29, 0.717) is 29.7 Å². The van der Waals surface area contributed by atoms with Gasteiger partial charge < -0.3 is 19.5 Å². The van der Waals surface area contributed by atoms with Crippen molar-refractivity contribution in [3.8, 4) is 17.2 Å². The van der Waals surface area contributed by atoms with Crippen LogP contribution in [-0.4, -0.2) is 33.3 Å². The van der Waals surface area contributed by atoms with Crippen LogP contribution in [0.25, 0.3) is 0 Å². The van der Waals surface area contributed by atoms with E-state index in [2.05, 4.69) is 5.32 Å². The van der Waals surface area contributed by atoms with Gasteiger partial charge in [-0.2, -0.15) is 0 Å². The highest BCUT2D eigenvalue weighted by molar-refractivity contribution is 6.30. The third-order valence-corrected chi connectivity index (χ3v) is 3.56. The van der Waals surface area contributed by atoms with Crippen LogP contribution in [0.3, 0.4) is 0 Å². The molecule has 0 bridgehead atoms. The molecular formula is C18H20ClNO4. The van der Waals surface area contributed by atoms with Gasteiger partial charge in [0.05, 0.1) is 27.2 Å². The molecular weight excluding hydrogens is 330 g/mol. The topological polar surface area (TPSA) is 56.8 Å². The van der Waals surface area contributed by atoms with Gasteiger partial charge in [-0.15, -0.1) is 0 Å². The molecule has 2 aromatic carbocycles. The first-order valence-electron chi connectivity index (χ1n) is 7.48. The Morgan fingerprint density at radius 3 is 2.62 bits per heavy atom. The molecule has 2 rings (SSSR count). The van der Waals surface area contributed by atoms with E-state index in [1.165, 1.54) is 0 Å². The molecule has 24 heavy (non-hydrogen) atoms. The van der Waals surface area contributed by atoms with E-state index in [1.807, 2.05) is 18.2 Å². The molecule has 0 aliphatic rings. The summed E-state index contributed by atoms with van der Waals surface area (Å²) in [5, 5.41) is 3.38. The van der Waals surface area contributed by atoms with Crippen molar-refractivity contribution < 1.29 is 19.0 Å². The van der Waals surface area contributed by atoms with E-state index in [9.17, 15) is 4.79 Å². The summed E-state index contributed by atoms with van der Waals surface area (Å²) < 4.78 is 15.9. The number of methoxy groups -OCH3 is 2. The summed E-state index contributed by atoms with van der Waals surface area (Å²) in [7, 11) is 3.16. The van der Waals surface area contributed by atoms with Crippen LogP contribution in [0.2, 0.25) is 5.02 Å². The number of benzene rings is 2. The molecule has 128 valence electrons. The van der Waals surface area contributed by atoms with E-state index in [1.54, 1.807) is 38.5 Å². The van der Waals surface area contributed by atoms with E-state index in [4.69, 9.17) is 25.8 Å². The fourth-order valence-corrected chi connectivity index (χ4v) is 2.37. The minimum Gasteiger partial charge on any atom is -0.497 e. The van der Waals surface area contributed by atoms with Crippen LogP contribution >= 0.6 is 11.6 Å². The number of hydrogen-bond acceptors (Lipinski definition) is 4. The number of carbonyl (C=O) groups is 1. The highest BCUT2D eigenvalue weighted by Crippen LogP contribution is 2.23. The summed E-state index contributed by atoms with van der Waals surface area (Å²) in [4.78, 5) is 12.0. The van der Waals surface area contributed by atoms with Crippen LogP contribution in [-0.2, 0) is 11.2 Å². The van der Waals surface area contributed by atoms with Crippen molar-refractivity contribution in [2.24, 2.45) is 0 Å². The summed E-state index contributed by atoms with van der Waals surface area (Å²) in [5.74, 6) is 1.94. The molecule has 0 heterocycles. The van der Waals surface area contributed by atoms with Gasteiger partial charge >= 0.3 is 0 Å². The molecule has 1 N–H and O–H groups in total. The molecule has 0 atom stereocenters. The minimum absolute atomic E-state index is 0.121. The van der Waals surface area contributed by atoms with Crippen molar-refractivity contribution in [1.82, 2.24) is 5.32 Å². The van der Waals surface area contributed by atoms with Crippen molar-refractivity contribution in [3.63, 3.8) is 0 Å². The Morgan fingerprint density at radius 1 is 1.08 bits per heavy atom. The Labute approximate surface area is 146 Å². The van der Waals surface area contributed by atoms with Gasteiger partial charge in [0.25, 0.3) is 0 Å². The number of amides is 1. The van der Waals surface area contributed by atoms with Crippen molar-refractivity contribution in [1.29, 1.82) is 0 Å². The molecule has 1 amide bonds. The smallest absolute Gasteiger partial charge is 0.224 e. The highest BCUT2D eigenvalue weighted by Gasteiger charge is 2.09. The zero-order chi connectivity index (χ0) is 17.4. The van der Waals surface area contributed by atoms with E-state index >= 15 is 0 Å². The maximum absolute atomic E-state index is 12.0. The van der Waals surface area contributed by atoms with Crippen LogP contribution in [0.5, 0.6) is 17.2 Å². The second kappa shape index (κ2) is 9.03. The third-order valence-electron chi connectivity index (χ3n) is 3.33. The van der Waals surface area contributed by atoms with Gasteiger partial charge in [0.1, 0.15) is 23.9 Å². The summed E-state index contributed by atoms with van der Waals surface area (Å²) >= 11 is 5.96. The van der Waals surface area contributed by atoms with Gasteiger partial charge in [0.2, 0.25) is 5.91 Å². The van der Waals surface area contributed by atoms with E-state index < -0.39 is 0 Å². The Hall–Kier alpha value is -2.40. The Kier molecular flexibility index (Phi) is 6.75. The number of carbonyl (C=O) groups excluding carboxylic acids is 1. The third kappa shape index (κ3) is 5.35. The van der Waals surface area contributed by atoms with Gasteiger partial charge in [0, 0.05) is 16.7 Å². The molecule has 0 unspecified atom stereocenters. The first kappa shape index (κ1) is 17.9. The Balaban J connectivity index is 1.78. The van der Waals surface area contributed by atoms with Gasteiger partial charge in [-0.3, -0.25) is 4.79 Å². The molecule has 0 aliphatic carbocycles. The molecule has 5 nitrogen and oxygen atoms in total. The monoisotopic (exact) mass is 349 g/mol. The fourth-order valence-electron chi connectivity index (χ4n) is 2.17. The van der Waals surface area contributed by atoms with E-state index in [0.717, 1.165) is 11.3 Å². The van der Waals surface area contributed by atoms with Gasteiger partial charge in [-0.1, -0.05) is 17.7 Å². The lowest BCUT2D eigenvalue weighted by molar-refractivity contribution is -0.120. The number of halogens is 1. The fraction of sp³-hybridized carbons (Fsp3) is 0.278. The lowest BCUT2D eigenvalue weighted by atomic mass is 10.1. The lowest BCUT2D eigenvalue weighted by Gasteiger charge is -2.10. The predicted molar refractivity (Wildman–Crippen MR) is 93.2 cm³/mol. The molecule has 6 heteroatoms. The standard InChI is InChI=1S/C18H20ClNO4/c1-22-15-4-3-5-16(12-15)24-9-8-20-18(21)11-13-10-14(19)6-7-17(13)23-2/h3-7,10,12H,8-9,11H2,1-2H3,(H,20,21). The number of nitrogens with one attached hydrogen (secondary N) is 1. The van der Waals surface area contributed by atoms with Gasteiger partial charge in [-0.25, -0.2) is 0 Å². The van der Waals surface area contributed by atoms with Crippen LogP contribution in [0.1, 0.15) is 5.56 Å². The van der Waals surface area contributed by atoms with Crippen molar-refractivity contribution in [2.75, 3.05) is 27.4 Å². The number of hydrogen-bond donors (Lipinski definition) is 1. The summed E-state index contributed by atoms with van der Waals surface area (Å²) in [5.41, 5.74) is 0.746. The lowest BCUT2D eigenvalue weighted by Crippen LogP contribution is -2.29. The average Bonchev–Trinajstić information content (AvgIpc) is 2.59. The molecule has 2 aromatic rings. The van der Waals surface area contributed by atoms with Crippen molar-refractivity contribution in [2.45, 2.75) is 6.42 Å². The highest BCUT2D eigenvalue weighted by atomic mass is 35.5. The quantitative estimate of drug-likeness (QED) is 0.744. The van der Waals surface area contributed by atoms with Crippen molar-refractivity contribution in [3.05, 3.63) is 53.1 Å². The van der Waals surface area contributed by atoms with Gasteiger partial charge in [0.15, 0.2) is 0 Å². The molecule has 0 radical (unpaired) electrons. The zero-order valence-corrected chi connectivity index (χ0v) is 14.4. The predicted octanol–water partition coefficient (Wildman–Crippen LogP) is 3.09.